The van der Waals surface area contributed by atoms with Gasteiger partial charge in [-0.3, -0.25) is 4.79 Å². The monoisotopic (exact) mass is 444 g/mol. The smallest absolute Gasteiger partial charge is 0.229 e. The molecule has 6 nitrogen and oxygen atoms in total. The predicted molar refractivity (Wildman–Crippen MR) is 111 cm³/mol. The molecular weight excluding hydrogens is 421 g/mol. The first-order valence-electron chi connectivity index (χ1n) is 10.5. The second-order valence-corrected chi connectivity index (χ2v) is 8.02. The molecule has 2 heterocycles. The van der Waals surface area contributed by atoms with E-state index in [-0.39, 0.29) is 47.9 Å². The van der Waals surface area contributed by atoms with Gasteiger partial charge in [0.25, 0.3) is 0 Å². The third-order valence-electron chi connectivity index (χ3n) is 5.57. The zero-order chi connectivity index (χ0) is 22.7. The normalized spacial score (nSPS) is 17.0. The van der Waals surface area contributed by atoms with Gasteiger partial charge in [0.05, 0.1) is 0 Å². The Morgan fingerprint density at radius 2 is 1.94 bits per heavy atom. The Bertz CT molecular complexity index is 1080. The largest absolute Gasteiger partial charge is 0.339 e. The molecule has 1 aliphatic heterocycles. The quantitative estimate of drug-likeness (QED) is 0.601. The fourth-order valence-corrected chi connectivity index (χ4v) is 4.08. The molecule has 3 aromatic rings. The molecule has 1 aromatic heterocycles. The maximum atomic E-state index is 13.8. The standard InChI is InChI=1S/C23H23F3N4O2/c24-16-8-15(9-17(25)11-16)23-28-21(32-29-23)13-19-5-3-7-30(19)22(31)12-18(27)10-14-4-1-2-6-20(14)26/h1-2,4,6,8-9,11,18-19H,3,5,7,10,12-13,27H2/t18?,19-/m0/s1. The summed E-state index contributed by atoms with van der Waals surface area (Å²) in [5, 5.41) is 3.81. The Morgan fingerprint density at radius 1 is 1.19 bits per heavy atom. The molecule has 1 amide bonds. The first-order chi connectivity index (χ1) is 15.4. The number of rotatable bonds is 7. The molecule has 2 aromatic carbocycles. The first-order valence-corrected chi connectivity index (χ1v) is 10.5. The number of nitrogens with two attached hydrogens (primary N) is 1. The van der Waals surface area contributed by atoms with E-state index in [9.17, 15) is 18.0 Å². The van der Waals surface area contributed by atoms with E-state index in [0.717, 1.165) is 31.0 Å². The number of benzene rings is 2. The average molecular weight is 444 g/mol. The summed E-state index contributed by atoms with van der Waals surface area (Å²) < 4.78 is 46.0. The maximum absolute atomic E-state index is 13.8. The summed E-state index contributed by atoms with van der Waals surface area (Å²) in [4.78, 5) is 18.8. The van der Waals surface area contributed by atoms with Gasteiger partial charge in [-0.25, -0.2) is 13.2 Å². The molecule has 4 rings (SSSR count). The summed E-state index contributed by atoms with van der Waals surface area (Å²) >= 11 is 0. The lowest BCUT2D eigenvalue weighted by Gasteiger charge is -2.25. The molecule has 9 heteroatoms. The molecule has 0 bridgehead atoms. The van der Waals surface area contributed by atoms with Gasteiger partial charge in [0.1, 0.15) is 17.5 Å². The number of nitrogens with zero attached hydrogens (tertiary/aromatic N) is 3. The van der Waals surface area contributed by atoms with Crippen LogP contribution >= 0.6 is 0 Å². The second-order valence-electron chi connectivity index (χ2n) is 8.02. The highest BCUT2D eigenvalue weighted by molar-refractivity contribution is 5.77. The molecular formula is C23H23F3N4O2. The summed E-state index contributed by atoms with van der Waals surface area (Å²) in [5.74, 6) is -1.54. The van der Waals surface area contributed by atoms with Crippen LogP contribution in [-0.4, -0.2) is 39.6 Å². The van der Waals surface area contributed by atoms with E-state index < -0.39 is 17.7 Å². The van der Waals surface area contributed by atoms with Gasteiger partial charge >= 0.3 is 0 Å². The van der Waals surface area contributed by atoms with Crippen LogP contribution in [0.1, 0.15) is 30.7 Å². The van der Waals surface area contributed by atoms with Crippen LogP contribution in [0.5, 0.6) is 0 Å². The molecule has 1 saturated heterocycles. The number of hydrogen-bond acceptors (Lipinski definition) is 5. The highest BCUT2D eigenvalue weighted by atomic mass is 19.1. The lowest BCUT2D eigenvalue weighted by Crippen LogP contribution is -2.40. The van der Waals surface area contributed by atoms with Crippen LogP contribution in [0.4, 0.5) is 13.2 Å². The topological polar surface area (TPSA) is 85.3 Å². The van der Waals surface area contributed by atoms with Gasteiger partial charge in [0, 0.05) is 43.1 Å². The van der Waals surface area contributed by atoms with Crippen molar-refractivity contribution in [3.05, 3.63) is 71.4 Å². The van der Waals surface area contributed by atoms with Gasteiger partial charge in [-0.05, 0) is 43.0 Å². The lowest BCUT2D eigenvalue weighted by atomic mass is 10.0. The molecule has 0 aliphatic carbocycles. The second kappa shape index (κ2) is 9.52. The number of carbonyl (C=O) groups excluding carboxylic acids is 1. The number of hydrogen-bond donors (Lipinski definition) is 1. The summed E-state index contributed by atoms with van der Waals surface area (Å²) in [5.41, 5.74) is 6.78. The fraction of sp³-hybridized carbons (Fsp3) is 0.348. The van der Waals surface area contributed by atoms with Crippen molar-refractivity contribution in [3.63, 3.8) is 0 Å². The molecule has 32 heavy (non-hydrogen) atoms. The zero-order valence-electron chi connectivity index (χ0n) is 17.3. The van der Waals surface area contributed by atoms with E-state index >= 15 is 0 Å². The predicted octanol–water partition coefficient (Wildman–Crippen LogP) is 3.65. The van der Waals surface area contributed by atoms with E-state index in [1.165, 1.54) is 6.07 Å². The molecule has 1 fully saturated rings. The van der Waals surface area contributed by atoms with Crippen molar-refractivity contribution in [2.24, 2.45) is 5.73 Å². The maximum Gasteiger partial charge on any atom is 0.229 e. The van der Waals surface area contributed by atoms with Gasteiger partial charge in [-0.2, -0.15) is 4.98 Å². The molecule has 1 aliphatic rings. The van der Waals surface area contributed by atoms with Crippen LogP contribution in [-0.2, 0) is 17.6 Å². The molecule has 0 spiro atoms. The van der Waals surface area contributed by atoms with Crippen molar-refractivity contribution in [2.75, 3.05) is 6.54 Å². The van der Waals surface area contributed by atoms with Crippen LogP contribution in [0, 0.1) is 17.5 Å². The summed E-state index contributed by atoms with van der Waals surface area (Å²) in [6, 6.07) is 8.76. The van der Waals surface area contributed by atoms with Crippen molar-refractivity contribution >= 4 is 5.91 Å². The van der Waals surface area contributed by atoms with Gasteiger partial charge < -0.3 is 15.2 Å². The van der Waals surface area contributed by atoms with Crippen LogP contribution in [0.25, 0.3) is 11.4 Å². The molecule has 0 radical (unpaired) electrons. The van der Waals surface area contributed by atoms with Crippen LogP contribution in [0.15, 0.2) is 47.0 Å². The molecule has 168 valence electrons. The number of halogens is 3. The number of carbonyl (C=O) groups is 1. The van der Waals surface area contributed by atoms with E-state index in [4.69, 9.17) is 10.3 Å². The molecule has 2 N–H and O–H groups in total. The summed E-state index contributed by atoms with van der Waals surface area (Å²) in [6.07, 6.45) is 2.30. The van der Waals surface area contributed by atoms with Gasteiger partial charge in [-0.1, -0.05) is 23.4 Å². The Morgan fingerprint density at radius 3 is 2.69 bits per heavy atom. The number of likely N-dealkylation sites (tertiary alicyclic amines) is 1. The van der Waals surface area contributed by atoms with Crippen molar-refractivity contribution in [3.8, 4) is 11.4 Å². The SMILES string of the molecule is NC(CC(=O)N1CCC[C@H]1Cc1nc(-c2cc(F)cc(F)c2)no1)Cc1ccccc1F. The van der Waals surface area contributed by atoms with E-state index in [1.807, 2.05) is 0 Å². The van der Waals surface area contributed by atoms with Crippen LogP contribution < -0.4 is 5.73 Å². The first kappa shape index (κ1) is 22.0. The fourth-order valence-electron chi connectivity index (χ4n) is 4.08. The zero-order valence-corrected chi connectivity index (χ0v) is 17.3. The minimum atomic E-state index is -0.731. The third-order valence-corrected chi connectivity index (χ3v) is 5.57. The average Bonchev–Trinajstić information content (AvgIpc) is 3.39. The minimum absolute atomic E-state index is 0.0844. The van der Waals surface area contributed by atoms with E-state index in [0.29, 0.717) is 18.5 Å². The van der Waals surface area contributed by atoms with Crippen molar-refractivity contribution in [2.45, 2.75) is 44.2 Å². The van der Waals surface area contributed by atoms with Gasteiger partial charge in [0.2, 0.25) is 17.6 Å². The molecule has 1 unspecified atom stereocenters. The Kier molecular flexibility index (Phi) is 6.55. The van der Waals surface area contributed by atoms with Crippen molar-refractivity contribution in [1.82, 2.24) is 15.0 Å². The van der Waals surface area contributed by atoms with Crippen molar-refractivity contribution < 1.29 is 22.5 Å². The third kappa shape index (κ3) is 5.16. The van der Waals surface area contributed by atoms with E-state index in [2.05, 4.69) is 10.1 Å². The minimum Gasteiger partial charge on any atom is -0.339 e. The number of aromatic nitrogens is 2. The lowest BCUT2D eigenvalue weighted by molar-refractivity contribution is -0.132. The van der Waals surface area contributed by atoms with Crippen LogP contribution in [0.2, 0.25) is 0 Å². The Labute approximate surface area is 183 Å². The van der Waals surface area contributed by atoms with E-state index in [1.54, 1.807) is 23.1 Å². The Hall–Kier alpha value is -3.20. The molecule has 2 atom stereocenters. The summed E-state index contributed by atoms with van der Waals surface area (Å²) in [6.45, 7) is 0.589. The van der Waals surface area contributed by atoms with Gasteiger partial charge in [0.15, 0.2) is 0 Å². The summed E-state index contributed by atoms with van der Waals surface area (Å²) in [7, 11) is 0. The highest BCUT2D eigenvalue weighted by Gasteiger charge is 2.31. The van der Waals surface area contributed by atoms with Crippen LogP contribution in [0.3, 0.4) is 0 Å². The Balaban J connectivity index is 1.38. The highest BCUT2D eigenvalue weighted by Crippen LogP contribution is 2.24. The molecule has 0 saturated carbocycles. The van der Waals surface area contributed by atoms with Gasteiger partial charge in [-0.15, -0.1) is 0 Å². The van der Waals surface area contributed by atoms with Crippen molar-refractivity contribution in [1.29, 1.82) is 0 Å². The number of amides is 1.